The van der Waals surface area contributed by atoms with E-state index < -0.39 is 0 Å². The van der Waals surface area contributed by atoms with Gasteiger partial charge >= 0.3 is 0 Å². The van der Waals surface area contributed by atoms with Crippen molar-refractivity contribution in [2.45, 2.75) is 70.5 Å². The van der Waals surface area contributed by atoms with Gasteiger partial charge in [0.15, 0.2) is 0 Å². The standard InChI is InChI=1S/C17H32N2O2.ClH/c1-14(21-16-7-5-3-4-6-8-16)17(20)19-11-9-15(10-12-19)13-18-2;/h14-16,18H,3-13H2,1-2H3;1H. The summed E-state index contributed by atoms with van der Waals surface area (Å²) in [5, 5.41) is 3.24. The molecule has 1 N–H and O–H groups in total. The maximum atomic E-state index is 12.5. The summed E-state index contributed by atoms with van der Waals surface area (Å²) >= 11 is 0. The van der Waals surface area contributed by atoms with Gasteiger partial charge in [0.25, 0.3) is 5.91 Å². The number of halogens is 1. The minimum atomic E-state index is -0.269. The molecule has 0 aromatic heterocycles. The summed E-state index contributed by atoms with van der Waals surface area (Å²) < 4.78 is 6.06. The molecule has 0 radical (unpaired) electrons. The number of amides is 1. The van der Waals surface area contributed by atoms with Gasteiger partial charge in [-0.3, -0.25) is 4.79 Å². The number of nitrogens with one attached hydrogen (secondary N) is 1. The van der Waals surface area contributed by atoms with Gasteiger partial charge in [-0.15, -0.1) is 12.4 Å². The van der Waals surface area contributed by atoms with E-state index in [1.807, 2.05) is 18.9 Å². The van der Waals surface area contributed by atoms with Crippen molar-refractivity contribution in [2.24, 2.45) is 5.92 Å². The van der Waals surface area contributed by atoms with Gasteiger partial charge in [-0.2, -0.15) is 0 Å². The average Bonchev–Trinajstić information content (AvgIpc) is 2.76. The average molecular weight is 333 g/mol. The minimum Gasteiger partial charge on any atom is -0.365 e. The van der Waals surface area contributed by atoms with E-state index in [-0.39, 0.29) is 24.4 Å². The number of hydrogen-bond donors (Lipinski definition) is 1. The summed E-state index contributed by atoms with van der Waals surface area (Å²) in [5.41, 5.74) is 0. The maximum Gasteiger partial charge on any atom is 0.251 e. The van der Waals surface area contributed by atoms with Gasteiger partial charge in [-0.05, 0) is 52.1 Å². The highest BCUT2D eigenvalue weighted by Crippen LogP contribution is 2.22. The number of piperidine rings is 1. The molecule has 2 aliphatic rings. The van der Waals surface area contributed by atoms with Crippen LogP contribution in [0, 0.1) is 5.92 Å². The van der Waals surface area contributed by atoms with E-state index in [9.17, 15) is 4.79 Å². The first-order valence-corrected chi connectivity index (χ1v) is 8.79. The number of carbonyl (C=O) groups excluding carboxylic acids is 1. The third kappa shape index (κ3) is 6.05. The topological polar surface area (TPSA) is 41.6 Å². The molecule has 0 aromatic rings. The third-order valence-electron chi connectivity index (χ3n) is 4.97. The predicted octanol–water partition coefficient (Wildman–Crippen LogP) is 2.99. The van der Waals surface area contributed by atoms with Gasteiger partial charge in [-0.1, -0.05) is 25.7 Å². The zero-order valence-corrected chi connectivity index (χ0v) is 15.0. The molecule has 0 spiro atoms. The molecule has 1 heterocycles. The van der Waals surface area contributed by atoms with Crippen LogP contribution in [0.5, 0.6) is 0 Å². The highest BCUT2D eigenvalue weighted by molar-refractivity contribution is 5.85. The van der Waals surface area contributed by atoms with Crippen molar-refractivity contribution in [3.8, 4) is 0 Å². The fourth-order valence-electron chi connectivity index (χ4n) is 3.63. The number of carbonyl (C=O) groups is 1. The Morgan fingerprint density at radius 2 is 1.73 bits per heavy atom. The molecule has 1 unspecified atom stereocenters. The van der Waals surface area contributed by atoms with Crippen molar-refractivity contribution in [2.75, 3.05) is 26.7 Å². The SMILES string of the molecule is CNCC1CCN(C(=O)C(C)OC2CCCCCC2)CC1.Cl. The zero-order chi connectivity index (χ0) is 15.1. The predicted molar refractivity (Wildman–Crippen MR) is 92.5 cm³/mol. The Kier molecular flexibility index (Phi) is 9.37. The Balaban J connectivity index is 0.00000242. The van der Waals surface area contributed by atoms with Crippen molar-refractivity contribution >= 4 is 18.3 Å². The summed E-state index contributed by atoms with van der Waals surface area (Å²) in [6.45, 7) is 4.79. The molecule has 5 heteroatoms. The van der Waals surface area contributed by atoms with Gasteiger partial charge in [0.1, 0.15) is 6.10 Å². The van der Waals surface area contributed by atoms with Crippen molar-refractivity contribution in [1.82, 2.24) is 10.2 Å². The number of likely N-dealkylation sites (tertiary alicyclic amines) is 1. The van der Waals surface area contributed by atoms with Crippen LogP contribution in [0.1, 0.15) is 58.3 Å². The molecular weight excluding hydrogens is 300 g/mol. The Bertz CT molecular complexity index is 312. The van der Waals surface area contributed by atoms with Crippen molar-refractivity contribution in [1.29, 1.82) is 0 Å². The molecule has 1 saturated carbocycles. The van der Waals surface area contributed by atoms with Crippen molar-refractivity contribution in [3.63, 3.8) is 0 Å². The molecule has 130 valence electrons. The molecule has 0 aromatic carbocycles. The highest BCUT2D eigenvalue weighted by Gasteiger charge is 2.27. The smallest absolute Gasteiger partial charge is 0.251 e. The quantitative estimate of drug-likeness (QED) is 0.787. The van der Waals surface area contributed by atoms with E-state index in [0.29, 0.717) is 6.10 Å². The van der Waals surface area contributed by atoms with E-state index in [0.717, 1.165) is 51.2 Å². The monoisotopic (exact) mass is 332 g/mol. The van der Waals surface area contributed by atoms with E-state index in [1.165, 1.54) is 25.7 Å². The Hall–Kier alpha value is -0.320. The van der Waals surface area contributed by atoms with Crippen LogP contribution in [-0.4, -0.2) is 49.7 Å². The second kappa shape index (κ2) is 10.5. The van der Waals surface area contributed by atoms with E-state index >= 15 is 0 Å². The van der Waals surface area contributed by atoms with Crippen LogP contribution in [0.3, 0.4) is 0 Å². The summed E-state index contributed by atoms with van der Waals surface area (Å²) in [6.07, 6.45) is 9.65. The fourth-order valence-corrected chi connectivity index (χ4v) is 3.63. The summed E-state index contributed by atoms with van der Waals surface area (Å²) in [6, 6.07) is 0. The number of nitrogens with zero attached hydrogens (tertiary/aromatic N) is 1. The Labute approximate surface area is 141 Å². The fraction of sp³-hybridized carbons (Fsp3) is 0.941. The lowest BCUT2D eigenvalue weighted by atomic mass is 9.96. The van der Waals surface area contributed by atoms with Crippen molar-refractivity contribution < 1.29 is 9.53 Å². The second-order valence-electron chi connectivity index (χ2n) is 6.72. The molecule has 1 aliphatic heterocycles. The first-order valence-electron chi connectivity index (χ1n) is 8.79. The van der Waals surface area contributed by atoms with Crippen LogP contribution in [-0.2, 0) is 9.53 Å². The minimum absolute atomic E-state index is 0. The van der Waals surface area contributed by atoms with E-state index in [4.69, 9.17) is 4.74 Å². The molecule has 2 rings (SSSR count). The molecular formula is C17H33ClN2O2. The first kappa shape index (κ1) is 19.7. The van der Waals surface area contributed by atoms with Crippen LogP contribution >= 0.6 is 12.4 Å². The van der Waals surface area contributed by atoms with Crippen LogP contribution in [0.4, 0.5) is 0 Å². The van der Waals surface area contributed by atoms with E-state index in [2.05, 4.69) is 5.32 Å². The number of ether oxygens (including phenoxy) is 1. The van der Waals surface area contributed by atoms with Crippen LogP contribution in [0.15, 0.2) is 0 Å². The second-order valence-corrected chi connectivity index (χ2v) is 6.72. The largest absolute Gasteiger partial charge is 0.365 e. The van der Waals surface area contributed by atoms with Crippen molar-refractivity contribution in [3.05, 3.63) is 0 Å². The van der Waals surface area contributed by atoms with Crippen LogP contribution in [0.25, 0.3) is 0 Å². The highest BCUT2D eigenvalue weighted by atomic mass is 35.5. The van der Waals surface area contributed by atoms with Gasteiger partial charge < -0.3 is 15.0 Å². The lowest BCUT2D eigenvalue weighted by molar-refractivity contribution is -0.148. The molecule has 2 fully saturated rings. The molecule has 0 bridgehead atoms. The number of hydrogen-bond acceptors (Lipinski definition) is 3. The number of rotatable bonds is 5. The van der Waals surface area contributed by atoms with Gasteiger partial charge in [0.05, 0.1) is 6.10 Å². The van der Waals surface area contributed by atoms with Gasteiger partial charge in [0, 0.05) is 13.1 Å². The normalized spacial score (nSPS) is 22.7. The molecule has 1 amide bonds. The third-order valence-corrected chi connectivity index (χ3v) is 4.97. The Morgan fingerprint density at radius 3 is 2.27 bits per heavy atom. The molecule has 1 atom stereocenters. The zero-order valence-electron chi connectivity index (χ0n) is 14.2. The lowest BCUT2D eigenvalue weighted by Gasteiger charge is -2.34. The van der Waals surface area contributed by atoms with Gasteiger partial charge in [0.2, 0.25) is 0 Å². The summed E-state index contributed by atoms with van der Waals surface area (Å²) in [7, 11) is 2.00. The molecule has 1 aliphatic carbocycles. The first-order chi connectivity index (χ1) is 10.2. The maximum absolute atomic E-state index is 12.5. The summed E-state index contributed by atoms with van der Waals surface area (Å²) in [5.74, 6) is 0.916. The molecule has 4 nitrogen and oxygen atoms in total. The van der Waals surface area contributed by atoms with Crippen LogP contribution in [0.2, 0.25) is 0 Å². The Morgan fingerprint density at radius 1 is 1.14 bits per heavy atom. The summed E-state index contributed by atoms with van der Waals surface area (Å²) in [4.78, 5) is 14.5. The van der Waals surface area contributed by atoms with Crippen LogP contribution < -0.4 is 5.32 Å². The van der Waals surface area contributed by atoms with E-state index in [1.54, 1.807) is 0 Å². The molecule has 22 heavy (non-hydrogen) atoms. The molecule has 1 saturated heterocycles. The lowest BCUT2D eigenvalue weighted by Crippen LogP contribution is -2.45. The van der Waals surface area contributed by atoms with Gasteiger partial charge in [-0.25, -0.2) is 0 Å².